The zero-order chi connectivity index (χ0) is 25.3. The van der Waals surface area contributed by atoms with Gasteiger partial charge < -0.3 is 29.9 Å². The second kappa shape index (κ2) is 13.2. The van der Waals surface area contributed by atoms with Crippen molar-refractivity contribution in [2.75, 3.05) is 45.7 Å². The first kappa shape index (κ1) is 27.4. The van der Waals surface area contributed by atoms with E-state index in [1.54, 1.807) is 42.2 Å². The van der Waals surface area contributed by atoms with E-state index in [2.05, 4.69) is 10.6 Å². The maximum atomic E-state index is 13.4. The highest BCUT2D eigenvalue weighted by Crippen LogP contribution is 2.26. The van der Waals surface area contributed by atoms with E-state index in [0.717, 1.165) is 12.8 Å². The summed E-state index contributed by atoms with van der Waals surface area (Å²) in [5.41, 5.74) is 0.897. The Bertz CT molecular complexity index is 847. The van der Waals surface area contributed by atoms with Crippen molar-refractivity contribution in [3.63, 3.8) is 0 Å². The Balaban J connectivity index is 2.40. The van der Waals surface area contributed by atoms with E-state index in [9.17, 15) is 14.4 Å². The molecule has 0 unspecified atom stereocenters. The molecule has 1 aromatic rings. The summed E-state index contributed by atoms with van der Waals surface area (Å²) in [6, 6.07) is 4.69. The van der Waals surface area contributed by atoms with Crippen molar-refractivity contribution in [3.05, 3.63) is 23.8 Å². The van der Waals surface area contributed by atoms with Crippen molar-refractivity contribution >= 4 is 23.5 Å². The highest BCUT2D eigenvalue weighted by molar-refractivity contribution is 5.99. The molecule has 0 aliphatic carbocycles. The van der Waals surface area contributed by atoms with Gasteiger partial charge in [-0.3, -0.25) is 9.59 Å². The monoisotopic (exact) mass is 476 g/mol. The van der Waals surface area contributed by atoms with Gasteiger partial charge in [0.2, 0.25) is 5.91 Å². The number of anilines is 1. The van der Waals surface area contributed by atoms with Crippen LogP contribution in [0.5, 0.6) is 5.75 Å². The highest BCUT2D eigenvalue weighted by Gasteiger charge is 2.30. The smallest absolute Gasteiger partial charge is 0.317 e. The average Bonchev–Trinajstić information content (AvgIpc) is 2.81. The molecule has 1 aliphatic rings. The molecule has 0 radical (unpaired) electrons. The Labute approximate surface area is 203 Å². The second-order valence-corrected chi connectivity index (χ2v) is 8.99. The number of nitrogens with one attached hydrogen (secondary N) is 2. The summed E-state index contributed by atoms with van der Waals surface area (Å²) in [6.07, 6.45) is 1.72. The van der Waals surface area contributed by atoms with Gasteiger partial charge >= 0.3 is 6.03 Å². The molecule has 4 amide bonds. The summed E-state index contributed by atoms with van der Waals surface area (Å²) >= 11 is 0. The van der Waals surface area contributed by atoms with E-state index in [0.29, 0.717) is 43.1 Å². The summed E-state index contributed by atoms with van der Waals surface area (Å²) in [5.74, 6) is 0.0666. The fraction of sp³-hybridized carbons (Fsp3) is 0.640. The van der Waals surface area contributed by atoms with Crippen molar-refractivity contribution in [3.8, 4) is 5.75 Å². The fourth-order valence-corrected chi connectivity index (χ4v) is 3.92. The summed E-state index contributed by atoms with van der Waals surface area (Å²) in [4.78, 5) is 41.7. The first-order chi connectivity index (χ1) is 16.2. The van der Waals surface area contributed by atoms with Gasteiger partial charge in [-0.05, 0) is 38.0 Å². The van der Waals surface area contributed by atoms with Gasteiger partial charge in [-0.25, -0.2) is 4.79 Å². The van der Waals surface area contributed by atoms with Crippen molar-refractivity contribution < 1.29 is 23.9 Å². The molecule has 0 aromatic heterocycles. The van der Waals surface area contributed by atoms with Crippen molar-refractivity contribution in [1.82, 2.24) is 15.1 Å². The molecule has 0 saturated heterocycles. The molecule has 0 fully saturated rings. The molecule has 1 aliphatic heterocycles. The van der Waals surface area contributed by atoms with Crippen LogP contribution in [0, 0.1) is 5.92 Å². The van der Waals surface area contributed by atoms with Crippen molar-refractivity contribution in [1.29, 1.82) is 0 Å². The lowest BCUT2D eigenvalue weighted by Crippen LogP contribution is -2.51. The van der Waals surface area contributed by atoms with Crippen molar-refractivity contribution in [2.45, 2.75) is 59.1 Å². The van der Waals surface area contributed by atoms with E-state index in [4.69, 9.17) is 9.47 Å². The molecule has 2 rings (SSSR count). The molecule has 0 saturated carbocycles. The molecule has 1 aromatic carbocycles. The average molecular weight is 477 g/mol. The number of nitrogens with zero attached hydrogens (tertiary/aromatic N) is 2. The molecular weight excluding hydrogens is 436 g/mol. The Hall–Kier alpha value is -2.81. The minimum Gasteiger partial charge on any atom is -0.491 e. The van der Waals surface area contributed by atoms with Crippen LogP contribution >= 0.6 is 0 Å². The first-order valence-corrected chi connectivity index (χ1v) is 12.1. The molecule has 2 N–H and O–H groups in total. The molecule has 0 spiro atoms. The van der Waals surface area contributed by atoms with E-state index >= 15 is 0 Å². The van der Waals surface area contributed by atoms with Crippen LogP contribution in [0.2, 0.25) is 0 Å². The summed E-state index contributed by atoms with van der Waals surface area (Å²) in [6.45, 7) is 9.52. The second-order valence-electron chi connectivity index (χ2n) is 8.99. The molecule has 3 atom stereocenters. The Morgan fingerprint density at radius 2 is 1.91 bits per heavy atom. The van der Waals surface area contributed by atoms with E-state index in [1.165, 1.54) is 0 Å². The van der Waals surface area contributed by atoms with Crippen molar-refractivity contribution in [2.24, 2.45) is 5.92 Å². The molecule has 1 heterocycles. The predicted octanol–water partition coefficient (Wildman–Crippen LogP) is 3.35. The van der Waals surface area contributed by atoms with Gasteiger partial charge in [-0.2, -0.15) is 0 Å². The largest absolute Gasteiger partial charge is 0.491 e. The molecule has 0 bridgehead atoms. The number of amides is 4. The van der Waals surface area contributed by atoms with Gasteiger partial charge in [0.05, 0.1) is 17.7 Å². The van der Waals surface area contributed by atoms with E-state index < -0.39 is 0 Å². The minimum absolute atomic E-state index is 0.0198. The quantitative estimate of drug-likeness (QED) is 0.656. The van der Waals surface area contributed by atoms with Crippen LogP contribution < -0.4 is 15.4 Å². The first-order valence-electron chi connectivity index (χ1n) is 12.1. The lowest BCUT2D eigenvalue weighted by Gasteiger charge is -2.36. The number of likely N-dealkylation sites (N-methyl/N-ethyl adjacent to an activating group) is 1. The number of rotatable bonds is 6. The summed E-state index contributed by atoms with van der Waals surface area (Å²) < 4.78 is 11.8. The Kier molecular flexibility index (Phi) is 10.6. The van der Waals surface area contributed by atoms with Crippen LogP contribution in [0.1, 0.15) is 57.3 Å². The van der Waals surface area contributed by atoms with Crippen LogP contribution in [0.4, 0.5) is 10.5 Å². The zero-order valence-electron chi connectivity index (χ0n) is 21.3. The zero-order valence-corrected chi connectivity index (χ0v) is 21.3. The predicted molar refractivity (Wildman–Crippen MR) is 132 cm³/mol. The van der Waals surface area contributed by atoms with Gasteiger partial charge in [0.1, 0.15) is 12.4 Å². The number of methoxy groups -OCH3 is 1. The molecule has 9 nitrogen and oxygen atoms in total. The van der Waals surface area contributed by atoms with Crippen LogP contribution in [-0.4, -0.2) is 80.2 Å². The van der Waals surface area contributed by atoms with Crippen LogP contribution in [-0.2, 0) is 9.53 Å². The highest BCUT2D eigenvalue weighted by atomic mass is 16.5. The van der Waals surface area contributed by atoms with Gasteiger partial charge in [0.25, 0.3) is 5.91 Å². The maximum absolute atomic E-state index is 13.4. The number of urea groups is 1. The van der Waals surface area contributed by atoms with Crippen LogP contribution in [0.25, 0.3) is 0 Å². The molecule has 190 valence electrons. The third-order valence-corrected chi connectivity index (χ3v) is 5.99. The Morgan fingerprint density at radius 3 is 2.56 bits per heavy atom. The van der Waals surface area contributed by atoms with Gasteiger partial charge in [-0.1, -0.05) is 20.8 Å². The number of hydrogen-bond acceptors (Lipinski definition) is 5. The molecular formula is C25H40N4O5. The Morgan fingerprint density at radius 1 is 1.18 bits per heavy atom. The number of benzene rings is 1. The van der Waals surface area contributed by atoms with E-state index in [1.807, 2.05) is 27.7 Å². The number of carbonyl (C=O) groups excluding carboxylic acids is 3. The standard InChI is InChI=1S/C25H40N4O5/c1-7-9-23(30)27-19-10-11-21-20(13-19)24(31)28(5)15-22(33-6)17(3)14-29(18(4)16-34-21)25(32)26-12-8-2/h10-11,13,17-18,22H,7-9,12,14-16H2,1-6H3,(H,26,32)(H,27,30)/t17-,18-,22+/m1/s1. The molecule has 9 heteroatoms. The van der Waals surface area contributed by atoms with Gasteiger partial charge in [0.15, 0.2) is 0 Å². The third-order valence-electron chi connectivity index (χ3n) is 5.99. The van der Waals surface area contributed by atoms with Gasteiger partial charge in [0, 0.05) is 51.8 Å². The number of ether oxygens (including phenoxy) is 2. The summed E-state index contributed by atoms with van der Waals surface area (Å²) in [5, 5.41) is 5.80. The SMILES string of the molecule is CCCNC(=O)N1C[C@@H](C)[C@@H](OC)CN(C)C(=O)c2cc(NC(=O)CCC)ccc2OC[C@H]1C. The topological polar surface area (TPSA) is 100 Å². The van der Waals surface area contributed by atoms with E-state index in [-0.39, 0.29) is 42.5 Å². The third kappa shape index (κ3) is 7.35. The molecule has 34 heavy (non-hydrogen) atoms. The number of hydrogen-bond donors (Lipinski definition) is 2. The fourth-order valence-electron chi connectivity index (χ4n) is 3.92. The van der Waals surface area contributed by atoms with Crippen LogP contribution in [0.15, 0.2) is 18.2 Å². The van der Waals surface area contributed by atoms with Crippen LogP contribution in [0.3, 0.4) is 0 Å². The minimum atomic E-state index is -0.265. The number of carbonyl (C=O) groups is 3. The maximum Gasteiger partial charge on any atom is 0.317 e. The summed E-state index contributed by atoms with van der Waals surface area (Å²) in [7, 11) is 3.34. The lowest BCUT2D eigenvalue weighted by atomic mass is 10.0. The lowest BCUT2D eigenvalue weighted by molar-refractivity contribution is -0.116. The number of fused-ring (bicyclic) bond motifs is 1. The van der Waals surface area contributed by atoms with Gasteiger partial charge in [-0.15, -0.1) is 0 Å². The normalized spacial score (nSPS) is 21.6.